The molecule has 0 unspecified atom stereocenters. The van der Waals surface area contributed by atoms with Gasteiger partial charge in [-0.2, -0.15) is 4.98 Å². The lowest BCUT2D eigenvalue weighted by Gasteiger charge is -2.28. The summed E-state index contributed by atoms with van der Waals surface area (Å²) >= 11 is 0. The van der Waals surface area contributed by atoms with Crippen LogP contribution >= 0.6 is 0 Å². The maximum absolute atomic E-state index is 5.50. The van der Waals surface area contributed by atoms with E-state index in [0.717, 1.165) is 56.7 Å². The molecule has 1 fully saturated rings. The Hall–Kier alpha value is -2.22. The third-order valence-corrected chi connectivity index (χ3v) is 4.08. The van der Waals surface area contributed by atoms with Crippen LogP contribution in [0.5, 0.6) is 0 Å². The number of hydrogen-bond donors (Lipinski definition) is 1. The molecular formula is C14H19N7O. The Kier molecular flexibility index (Phi) is 3.59. The zero-order chi connectivity index (χ0) is 14.8. The first-order valence-corrected chi connectivity index (χ1v) is 7.67. The third kappa shape index (κ3) is 2.74. The minimum Gasteiger partial charge on any atom is -0.379 e. The van der Waals surface area contributed by atoms with Crippen LogP contribution in [0.2, 0.25) is 0 Å². The molecule has 8 nitrogen and oxygen atoms in total. The Labute approximate surface area is 128 Å². The van der Waals surface area contributed by atoms with E-state index >= 15 is 0 Å². The maximum atomic E-state index is 5.50. The van der Waals surface area contributed by atoms with Gasteiger partial charge in [-0.05, 0) is 18.9 Å². The minimum atomic E-state index is 0.334. The van der Waals surface area contributed by atoms with Gasteiger partial charge in [0.05, 0.1) is 19.2 Å². The fourth-order valence-electron chi connectivity index (χ4n) is 2.88. The summed E-state index contributed by atoms with van der Waals surface area (Å²) in [5.41, 5.74) is 0. The molecule has 0 radical (unpaired) electrons. The van der Waals surface area contributed by atoms with Gasteiger partial charge in [0.15, 0.2) is 5.82 Å². The predicted octanol–water partition coefficient (Wildman–Crippen LogP) is 0.679. The van der Waals surface area contributed by atoms with Crippen molar-refractivity contribution in [1.82, 2.24) is 24.7 Å². The lowest BCUT2D eigenvalue weighted by atomic mass is 10.1. The number of fused-ring (bicyclic) bond motifs is 1. The molecule has 0 aliphatic carbocycles. The molecule has 0 spiro atoms. The largest absolute Gasteiger partial charge is 0.379 e. The standard InChI is InChI=1S/C14H19N7O/c1-2-11(9-22-7-1)17-12-3-4-15-14(18-12)20-5-6-21-10-16-19-13(21)8-20/h3-4,10-11H,1-2,5-9H2,(H,15,17,18)/t11-/m0/s1. The number of rotatable bonds is 3. The first kappa shape index (κ1) is 13.4. The minimum absolute atomic E-state index is 0.334. The van der Waals surface area contributed by atoms with Crippen LogP contribution in [0.1, 0.15) is 18.7 Å². The Morgan fingerprint density at radius 2 is 2.32 bits per heavy atom. The average molecular weight is 301 g/mol. The molecule has 0 aromatic carbocycles. The number of nitrogens with one attached hydrogen (secondary N) is 1. The number of anilines is 2. The molecule has 1 N–H and O–H groups in total. The summed E-state index contributed by atoms with van der Waals surface area (Å²) in [6.07, 6.45) is 5.78. The molecule has 0 amide bonds. The molecule has 0 saturated carbocycles. The summed E-state index contributed by atoms with van der Waals surface area (Å²) in [6, 6.07) is 2.24. The molecule has 2 aromatic rings. The van der Waals surface area contributed by atoms with Crippen LogP contribution in [-0.4, -0.2) is 50.5 Å². The van der Waals surface area contributed by atoms with Gasteiger partial charge in [-0.3, -0.25) is 0 Å². The topological polar surface area (TPSA) is 81.0 Å². The van der Waals surface area contributed by atoms with Crippen molar-refractivity contribution in [3.8, 4) is 0 Å². The van der Waals surface area contributed by atoms with Crippen LogP contribution < -0.4 is 10.2 Å². The van der Waals surface area contributed by atoms with E-state index in [4.69, 9.17) is 4.74 Å². The lowest BCUT2D eigenvalue weighted by molar-refractivity contribution is 0.0875. The van der Waals surface area contributed by atoms with Gasteiger partial charge < -0.3 is 19.5 Å². The van der Waals surface area contributed by atoms with Gasteiger partial charge in [-0.15, -0.1) is 10.2 Å². The molecule has 8 heteroatoms. The zero-order valence-corrected chi connectivity index (χ0v) is 12.4. The molecule has 2 aliphatic heterocycles. The molecule has 1 atom stereocenters. The van der Waals surface area contributed by atoms with Crippen LogP contribution in [0.25, 0.3) is 0 Å². The monoisotopic (exact) mass is 301 g/mol. The Bertz CT molecular complexity index is 638. The van der Waals surface area contributed by atoms with Crippen molar-refractivity contribution in [1.29, 1.82) is 0 Å². The van der Waals surface area contributed by atoms with E-state index in [2.05, 4.69) is 34.9 Å². The highest BCUT2D eigenvalue weighted by Crippen LogP contribution is 2.18. The molecule has 4 heterocycles. The fraction of sp³-hybridized carbons (Fsp3) is 0.571. The number of hydrogen-bond acceptors (Lipinski definition) is 7. The van der Waals surface area contributed by atoms with Crippen LogP contribution in [0, 0.1) is 0 Å². The van der Waals surface area contributed by atoms with E-state index < -0.39 is 0 Å². The first-order chi connectivity index (χ1) is 10.9. The summed E-state index contributed by atoms with van der Waals surface area (Å²) in [6.45, 7) is 4.02. The predicted molar refractivity (Wildman–Crippen MR) is 80.6 cm³/mol. The molecule has 4 rings (SSSR count). The average Bonchev–Trinajstić information content (AvgIpc) is 3.04. The molecule has 22 heavy (non-hydrogen) atoms. The van der Waals surface area contributed by atoms with Crippen molar-refractivity contribution < 1.29 is 4.74 Å². The quantitative estimate of drug-likeness (QED) is 0.892. The van der Waals surface area contributed by atoms with Crippen molar-refractivity contribution in [2.45, 2.75) is 32.0 Å². The second-order valence-electron chi connectivity index (χ2n) is 5.66. The zero-order valence-electron chi connectivity index (χ0n) is 12.4. The van der Waals surface area contributed by atoms with Gasteiger partial charge >= 0.3 is 0 Å². The molecular weight excluding hydrogens is 282 g/mol. The Balaban J connectivity index is 1.47. The second kappa shape index (κ2) is 5.88. The van der Waals surface area contributed by atoms with E-state index in [1.807, 2.05) is 6.07 Å². The highest BCUT2D eigenvalue weighted by molar-refractivity contribution is 5.42. The van der Waals surface area contributed by atoms with E-state index in [1.54, 1.807) is 12.5 Å². The number of nitrogens with zero attached hydrogens (tertiary/aromatic N) is 6. The highest BCUT2D eigenvalue weighted by atomic mass is 16.5. The maximum Gasteiger partial charge on any atom is 0.227 e. The molecule has 0 bridgehead atoms. The molecule has 2 aromatic heterocycles. The fourth-order valence-corrected chi connectivity index (χ4v) is 2.88. The first-order valence-electron chi connectivity index (χ1n) is 7.67. The Morgan fingerprint density at radius 1 is 1.32 bits per heavy atom. The second-order valence-corrected chi connectivity index (χ2v) is 5.66. The van der Waals surface area contributed by atoms with E-state index in [-0.39, 0.29) is 0 Å². The van der Waals surface area contributed by atoms with Gasteiger partial charge in [0.2, 0.25) is 5.95 Å². The van der Waals surface area contributed by atoms with Crippen molar-refractivity contribution in [2.75, 3.05) is 30.0 Å². The molecule has 2 aliphatic rings. The van der Waals surface area contributed by atoms with Gasteiger partial charge in [-0.25, -0.2) is 4.98 Å². The van der Waals surface area contributed by atoms with Crippen LogP contribution in [0.3, 0.4) is 0 Å². The lowest BCUT2D eigenvalue weighted by Crippen LogP contribution is -2.35. The van der Waals surface area contributed by atoms with Gasteiger partial charge in [-0.1, -0.05) is 0 Å². The van der Waals surface area contributed by atoms with Crippen molar-refractivity contribution in [2.24, 2.45) is 0 Å². The molecule has 1 saturated heterocycles. The number of ether oxygens (including phenoxy) is 1. The van der Waals surface area contributed by atoms with E-state index in [1.165, 1.54) is 0 Å². The third-order valence-electron chi connectivity index (χ3n) is 4.08. The van der Waals surface area contributed by atoms with Crippen LogP contribution in [0.4, 0.5) is 11.8 Å². The van der Waals surface area contributed by atoms with Gasteiger partial charge in [0, 0.05) is 25.9 Å². The van der Waals surface area contributed by atoms with Crippen molar-refractivity contribution in [3.63, 3.8) is 0 Å². The van der Waals surface area contributed by atoms with E-state index in [0.29, 0.717) is 12.6 Å². The normalized spacial score (nSPS) is 21.5. The SMILES string of the molecule is c1cc(N[C@H]2CCCOC2)nc(N2CCn3cnnc3C2)n1. The van der Waals surface area contributed by atoms with Crippen LogP contribution in [-0.2, 0) is 17.8 Å². The molecule has 116 valence electrons. The summed E-state index contributed by atoms with van der Waals surface area (Å²) in [4.78, 5) is 11.2. The summed E-state index contributed by atoms with van der Waals surface area (Å²) in [5, 5.41) is 11.5. The Morgan fingerprint density at radius 3 is 3.23 bits per heavy atom. The summed E-state index contributed by atoms with van der Waals surface area (Å²) in [7, 11) is 0. The van der Waals surface area contributed by atoms with Gasteiger partial charge in [0.1, 0.15) is 12.1 Å². The summed E-state index contributed by atoms with van der Waals surface area (Å²) < 4.78 is 7.56. The summed E-state index contributed by atoms with van der Waals surface area (Å²) in [5.74, 6) is 2.54. The van der Waals surface area contributed by atoms with Crippen molar-refractivity contribution >= 4 is 11.8 Å². The van der Waals surface area contributed by atoms with E-state index in [9.17, 15) is 0 Å². The van der Waals surface area contributed by atoms with Gasteiger partial charge in [0.25, 0.3) is 0 Å². The smallest absolute Gasteiger partial charge is 0.227 e. The number of aromatic nitrogens is 5. The van der Waals surface area contributed by atoms with Crippen LogP contribution in [0.15, 0.2) is 18.6 Å². The van der Waals surface area contributed by atoms with Crippen molar-refractivity contribution in [3.05, 3.63) is 24.4 Å². The highest BCUT2D eigenvalue weighted by Gasteiger charge is 2.20.